The van der Waals surface area contributed by atoms with E-state index in [0.717, 1.165) is 0 Å². The summed E-state index contributed by atoms with van der Waals surface area (Å²) < 4.78 is 0. The second-order valence-corrected chi connectivity index (χ2v) is 5.37. The number of carboxylic acids is 1. The first kappa shape index (κ1) is 15.9. The van der Waals surface area contributed by atoms with Crippen LogP contribution in [-0.4, -0.2) is 40.8 Å². The minimum Gasteiger partial charge on any atom is -0.480 e. The van der Waals surface area contributed by atoms with Crippen molar-refractivity contribution in [2.45, 2.75) is 45.7 Å². The Kier molecular flexibility index (Phi) is 6.12. The van der Waals surface area contributed by atoms with Crippen LogP contribution in [0, 0.1) is 5.41 Å². The van der Waals surface area contributed by atoms with Crippen molar-refractivity contribution < 1.29 is 19.8 Å². The summed E-state index contributed by atoms with van der Waals surface area (Å²) in [7, 11) is 0. The van der Waals surface area contributed by atoms with Gasteiger partial charge in [0.1, 0.15) is 6.04 Å². The molecule has 17 heavy (non-hydrogen) atoms. The molecule has 0 aliphatic heterocycles. The van der Waals surface area contributed by atoms with Gasteiger partial charge in [-0.1, -0.05) is 20.8 Å². The van der Waals surface area contributed by atoms with E-state index in [1.54, 1.807) is 0 Å². The number of hydrogen-bond donors (Lipinski definition) is 4. The van der Waals surface area contributed by atoms with Crippen molar-refractivity contribution in [1.82, 2.24) is 5.32 Å². The molecule has 0 aliphatic rings. The molecular weight excluding hydrogens is 224 g/mol. The molecule has 6 heteroatoms. The van der Waals surface area contributed by atoms with Crippen molar-refractivity contribution in [3.8, 4) is 0 Å². The zero-order chi connectivity index (χ0) is 13.6. The lowest BCUT2D eigenvalue weighted by Gasteiger charge is -2.23. The van der Waals surface area contributed by atoms with Crippen LogP contribution in [0.5, 0.6) is 0 Å². The Morgan fingerprint density at radius 3 is 2.24 bits per heavy atom. The quantitative estimate of drug-likeness (QED) is 0.514. The Labute approximate surface area is 101 Å². The van der Waals surface area contributed by atoms with E-state index in [0.29, 0.717) is 6.42 Å². The Hall–Kier alpha value is -1.14. The molecule has 0 saturated heterocycles. The first-order chi connectivity index (χ1) is 7.65. The molecular formula is C11H22N2O4. The van der Waals surface area contributed by atoms with Crippen LogP contribution in [0.15, 0.2) is 0 Å². The number of aliphatic hydroxyl groups excluding tert-OH is 1. The van der Waals surface area contributed by atoms with Gasteiger partial charge in [-0.3, -0.25) is 4.79 Å². The van der Waals surface area contributed by atoms with Gasteiger partial charge in [-0.2, -0.15) is 0 Å². The third-order valence-corrected chi connectivity index (χ3v) is 2.14. The minimum absolute atomic E-state index is 0.0167. The van der Waals surface area contributed by atoms with Gasteiger partial charge in [0.25, 0.3) is 0 Å². The van der Waals surface area contributed by atoms with Crippen LogP contribution in [0.2, 0.25) is 0 Å². The summed E-state index contributed by atoms with van der Waals surface area (Å²) in [6.07, 6.45) is 0.721. The Bertz CT molecular complexity index is 273. The van der Waals surface area contributed by atoms with E-state index in [1.807, 2.05) is 20.8 Å². The van der Waals surface area contributed by atoms with E-state index >= 15 is 0 Å². The van der Waals surface area contributed by atoms with Crippen molar-refractivity contribution in [2.75, 3.05) is 6.61 Å². The fourth-order valence-electron chi connectivity index (χ4n) is 1.54. The van der Waals surface area contributed by atoms with Crippen LogP contribution in [0.4, 0.5) is 0 Å². The number of nitrogens with one attached hydrogen (secondary N) is 1. The van der Waals surface area contributed by atoms with Crippen molar-refractivity contribution in [2.24, 2.45) is 11.1 Å². The zero-order valence-corrected chi connectivity index (χ0v) is 10.6. The molecule has 0 aromatic heterocycles. The first-order valence-corrected chi connectivity index (χ1v) is 5.54. The summed E-state index contributed by atoms with van der Waals surface area (Å²) in [5.41, 5.74) is 5.80. The summed E-state index contributed by atoms with van der Waals surface area (Å²) in [6, 6.07) is -1.58. The van der Waals surface area contributed by atoms with Gasteiger partial charge < -0.3 is 21.3 Å². The lowest BCUT2D eigenvalue weighted by atomic mass is 9.87. The topological polar surface area (TPSA) is 113 Å². The van der Waals surface area contributed by atoms with E-state index in [-0.39, 0.29) is 17.9 Å². The van der Waals surface area contributed by atoms with Crippen molar-refractivity contribution >= 4 is 11.9 Å². The third kappa shape index (κ3) is 7.70. The number of hydrogen-bond acceptors (Lipinski definition) is 4. The largest absolute Gasteiger partial charge is 0.480 e. The van der Waals surface area contributed by atoms with Crippen molar-refractivity contribution in [3.63, 3.8) is 0 Å². The molecule has 100 valence electrons. The maximum Gasteiger partial charge on any atom is 0.328 e. The molecule has 0 saturated carbocycles. The molecule has 0 fully saturated rings. The molecule has 2 atom stereocenters. The monoisotopic (exact) mass is 246 g/mol. The Morgan fingerprint density at radius 2 is 1.88 bits per heavy atom. The lowest BCUT2D eigenvalue weighted by molar-refractivity contribution is -0.143. The molecule has 0 aliphatic carbocycles. The standard InChI is InChI=1S/C11H22N2O4/c1-11(2,3)5-7(12)4-9(15)13-8(6-14)10(16)17/h7-8,14H,4-6,12H2,1-3H3,(H,13,15)(H,16,17)/t7?,8-/m0/s1. The molecule has 0 radical (unpaired) electrons. The van der Waals surface area contributed by atoms with Crippen molar-refractivity contribution in [3.05, 3.63) is 0 Å². The summed E-state index contributed by atoms with van der Waals surface area (Å²) in [5, 5.41) is 19.6. The maximum absolute atomic E-state index is 11.4. The predicted octanol–water partition coefficient (Wildman–Crippen LogP) is -0.298. The van der Waals surface area contributed by atoms with Crippen LogP contribution in [0.3, 0.4) is 0 Å². The number of rotatable bonds is 6. The first-order valence-electron chi connectivity index (χ1n) is 5.54. The minimum atomic E-state index is -1.26. The van der Waals surface area contributed by atoms with E-state index < -0.39 is 24.5 Å². The predicted molar refractivity (Wildman–Crippen MR) is 63.3 cm³/mol. The highest BCUT2D eigenvalue weighted by Gasteiger charge is 2.22. The van der Waals surface area contributed by atoms with E-state index in [1.165, 1.54) is 0 Å². The normalized spacial score (nSPS) is 15.1. The molecule has 0 bridgehead atoms. The third-order valence-electron chi connectivity index (χ3n) is 2.14. The van der Waals surface area contributed by atoms with E-state index in [9.17, 15) is 9.59 Å². The van der Waals surface area contributed by atoms with Gasteiger partial charge >= 0.3 is 5.97 Å². The molecule has 0 spiro atoms. The van der Waals surface area contributed by atoms with Crippen LogP contribution in [0.1, 0.15) is 33.6 Å². The van der Waals surface area contributed by atoms with Gasteiger partial charge in [-0.15, -0.1) is 0 Å². The summed E-state index contributed by atoms with van der Waals surface area (Å²) in [4.78, 5) is 22.0. The lowest BCUT2D eigenvalue weighted by Crippen LogP contribution is -2.45. The highest BCUT2D eigenvalue weighted by atomic mass is 16.4. The number of carbonyl (C=O) groups is 2. The van der Waals surface area contributed by atoms with Gasteiger partial charge in [0.2, 0.25) is 5.91 Å². The van der Waals surface area contributed by atoms with Crippen LogP contribution >= 0.6 is 0 Å². The Balaban J connectivity index is 4.13. The fourth-order valence-corrected chi connectivity index (χ4v) is 1.54. The highest BCUT2D eigenvalue weighted by Crippen LogP contribution is 2.20. The number of carboxylic acid groups (broad SMARTS) is 1. The highest BCUT2D eigenvalue weighted by molar-refractivity contribution is 5.83. The summed E-state index contributed by atoms with van der Waals surface area (Å²) in [5.74, 6) is -1.71. The average Bonchev–Trinajstić information content (AvgIpc) is 2.09. The summed E-state index contributed by atoms with van der Waals surface area (Å²) >= 11 is 0. The van der Waals surface area contributed by atoms with E-state index in [2.05, 4.69) is 5.32 Å². The number of nitrogens with two attached hydrogens (primary N) is 1. The molecule has 6 nitrogen and oxygen atoms in total. The van der Waals surface area contributed by atoms with Crippen molar-refractivity contribution in [1.29, 1.82) is 0 Å². The number of aliphatic carboxylic acids is 1. The van der Waals surface area contributed by atoms with Gasteiger partial charge in [0.05, 0.1) is 6.61 Å². The maximum atomic E-state index is 11.4. The number of amides is 1. The molecule has 0 rings (SSSR count). The van der Waals surface area contributed by atoms with E-state index in [4.69, 9.17) is 15.9 Å². The molecule has 1 amide bonds. The molecule has 0 heterocycles. The molecule has 5 N–H and O–H groups in total. The van der Waals surface area contributed by atoms with Crippen LogP contribution in [0.25, 0.3) is 0 Å². The zero-order valence-electron chi connectivity index (χ0n) is 10.6. The average molecular weight is 246 g/mol. The molecule has 0 aromatic carbocycles. The van der Waals surface area contributed by atoms with Gasteiger partial charge in [0.15, 0.2) is 0 Å². The SMILES string of the molecule is CC(C)(C)CC(N)CC(=O)N[C@@H](CO)C(=O)O. The smallest absolute Gasteiger partial charge is 0.328 e. The summed E-state index contributed by atoms with van der Waals surface area (Å²) in [6.45, 7) is 5.41. The molecule has 0 aromatic rings. The molecule has 1 unspecified atom stereocenters. The van der Waals surface area contributed by atoms with Gasteiger partial charge in [0, 0.05) is 12.5 Å². The van der Waals surface area contributed by atoms with Gasteiger partial charge in [-0.05, 0) is 11.8 Å². The van der Waals surface area contributed by atoms with Crippen LogP contribution in [-0.2, 0) is 9.59 Å². The van der Waals surface area contributed by atoms with Crippen LogP contribution < -0.4 is 11.1 Å². The number of carbonyl (C=O) groups excluding carboxylic acids is 1. The number of aliphatic hydroxyl groups is 1. The second kappa shape index (κ2) is 6.56. The second-order valence-electron chi connectivity index (χ2n) is 5.37. The Morgan fingerprint density at radius 1 is 1.35 bits per heavy atom. The fraction of sp³-hybridized carbons (Fsp3) is 0.818. The van der Waals surface area contributed by atoms with Gasteiger partial charge in [-0.25, -0.2) is 4.79 Å².